The Bertz CT molecular complexity index is 459. The molecule has 1 unspecified atom stereocenters. The second-order valence-electron chi connectivity index (χ2n) is 5.08. The summed E-state index contributed by atoms with van der Waals surface area (Å²) >= 11 is 6.04. The van der Waals surface area contributed by atoms with E-state index in [-0.39, 0.29) is 12.0 Å². The molecule has 1 N–H and O–H groups in total. The molecule has 1 aromatic carbocycles. The molecule has 0 aromatic heterocycles. The fourth-order valence-electron chi connectivity index (χ4n) is 2.54. The van der Waals surface area contributed by atoms with E-state index in [4.69, 9.17) is 11.6 Å². The molecule has 3 nitrogen and oxygen atoms in total. The van der Waals surface area contributed by atoms with Gasteiger partial charge in [0.05, 0.1) is 6.04 Å². The van der Waals surface area contributed by atoms with Gasteiger partial charge in [-0.1, -0.05) is 23.7 Å². The number of halogens is 1. The number of rotatable bonds is 2. The Balaban J connectivity index is 1.84. The third-order valence-electron chi connectivity index (χ3n) is 3.69. The lowest BCUT2D eigenvalue weighted by molar-refractivity contribution is -0.135. The normalized spacial score (nSPS) is 24.1. The van der Waals surface area contributed by atoms with Gasteiger partial charge >= 0.3 is 0 Å². The predicted octanol–water partition coefficient (Wildman–Crippen LogP) is 2.22. The lowest BCUT2D eigenvalue weighted by atomic mass is 10.0. The summed E-state index contributed by atoms with van der Waals surface area (Å²) in [6, 6.07) is 7.97. The Morgan fingerprint density at radius 3 is 2.94 bits per heavy atom. The zero-order valence-electron chi connectivity index (χ0n) is 10.2. The highest BCUT2D eigenvalue weighted by Crippen LogP contribution is 2.34. The molecule has 96 valence electrons. The first-order valence-electron chi connectivity index (χ1n) is 6.52. The van der Waals surface area contributed by atoms with E-state index in [1.165, 1.54) is 0 Å². The summed E-state index contributed by atoms with van der Waals surface area (Å²) in [5.41, 5.74) is 1.13. The highest BCUT2D eigenvalue weighted by atomic mass is 35.5. The molecule has 0 bridgehead atoms. The molecule has 1 aliphatic carbocycles. The van der Waals surface area contributed by atoms with E-state index >= 15 is 0 Å². The average Bonchev–Trinajstić information content (AvgIpc) is 3.22. The summed E-state index contributed by atoms with van der Waals surface area (Å²) in [6.07, 6.45) is 2.12. The minimum absolute atomic E-state index is 0.130. The molecule has 1 aliphatic heterocycles. The van der Waals surface area contributed by atoms with Crippen LogP contribution in [0.25, 0.3) is 0 Å². The minimum Gasteiger partial charge on any atom is -0.333 e. The van der Waals surface area contributed by atoms with Crippen LogP contribution in [0.15, 0.2) is 24.3 Å². The third kappa shape index (κ3) is 2.38. The molecule has 1 amide bonds. The summed E-state index contributed by atoms with van der Waals surface area (Å²) in [4.78, 5) is 14.3. The summed E-state index contributed by atoms with van der Waals surface area (Å²) in [5.74, 6) is 0.603. The van der Waals surface area contributed by atoms with Crippen LogP contribution in [0.1, 0.15) is 24.4 Å². The Hall–Kier alpha value is -1.06. The molecule has 3 rings (SSSR count). The van der Waals surface area contributed by atoms with Gasteiger partial charge in [0, 0.05) is 30.6 Å². The topological polar surface area (TPSA) is 32.3 Å². The van der Waals surface area contributed by atoms with E-state index in [0.717, 1.165) is 43.1 Å². The van der Waals surface area contributed by atoms with Gasteiger partial charge in [0.1, 0.15) is 0 Å². The van der Waals surface area contributed by atoms with Crippen LogP contribution < -0.4 is 5.32 Å². The molecular formula is C14H17ClN2O. The minimum atomic E-state index is 0.130. The van der Waals surface area contributed by atoms with Gasteiger partial charge in [0.2, 0.25) is 5.91 Å². The number of amides is 1. The Morgan fingerprint density at radius 1 is 1.39 bits per heavy atom. The van der Waals surface area contributed by atoms with Crippen molar-refractivity contribution in [1.29, 1.82) is 0 Å². The van der Waals surface area contributed by atoms with Crippen molar-refractivity contribution in [2.24, 2.45) is 5.92 Å². The van der Waals surface area contributed by atoms with Crippen LogP contribution in [0.4, 0.5) is 0 Å². The number of piperazine rings is 1. The van der Waals surface area contributed by atoms with Gasteiger partial charge < -0.3 is 10.2 Å². The van der Waals surface area contributed by atoms with Crippen molar-refractivity contribution < 1.29 is 4.79 Å². The lowest BCUT2D eigenvalue weighted by Crippen LogP contribution is -2.49. The number of carbonyl (C=O) groups excluding carboxylic acids is 1. The molecule has 0 radical (unpaired) electrons. The first kappa shape index (κ1) is 12.0. The molecule has 0 spiro atoms. The van der Waals surface area contributed by atoms with Crippen molar-refractivity contribution >= 4 is 17.5 Å². The SMILES string of the molecule is O=C(C1CC1)N1CCNCC1c1cccc(Cl)c1. The number of carbonyl (C=O) groups is 1. The smallest absolute Gasteiger partial charge is 0.226 e. The van der Waals surface area contributed by atoms with Gasteiger partial charge in [0.25, 0.3) is 0 Å². The zero-order valence-corrected chi connectivity index (χ0v) is 11.0. The van der Waals surface area contributed by atoms with Crippen LogP contribution >= 0.6 is 11.6 Å². The van der Waals surface area contributed by atoms with E-state index in [0.29, 0.717) is 5.91 Å². The lowest BCUT2D eigenvalue weighted by Gasteiger charge is -2.36. The van der Waals surface area contributed by atoms with Crippen molar-refractivity contribution in [3.05, 3.63) is 34.9 Å². The van der Waals surface area contributed by atoms with E-state index in [1.54, 1.807) is 0 Å². The van der Waals surface area contributed by atoms with Crippen molar-refractivity contribution in [1.82, 2.24) is 10.2 Å². The van der Waals surface area contributed by atoms with E-state index in [9.17, 15) is 4.79 Å². The van der Waals surface area contributed by atoms with Gasteiger partial charge in [-0.2, -0.15) is 0 Å². The predicted molar refractivity (Wildman–Crippen MR) is 71.5 cm³/mol. The van der Waals surface area contributed by atoms with Crippen molar-refractivity contribution in [3.8, 4) is 0 Å². The van der Waals surface area contributed by atoms with Gasteiger partial charge in [-0.3, -0.25) is 4.79 Å². The van der Waals surface area contributed by atoms with Gasteiger partial charge in [-0.05, 0) is 30.5 Å². The van der Waals surface area contributed by atoms with Crippen LogP contribution in [0, 0.1) is 5.92 Å². The van der Waals surface area contributed by atoms with Crippen LogP contribution in [0.3, 0.4) is 0 Å². The second kappa shape index (κ2) is 4.90. The molecule has 1 saturated carbocycles. The van der Waals surface area contributed by atoms with Crippen molar-refractivity contribution in [2.75, 3.05) is 19.6 Å². The molecule has 1 atom stereocenters. The maximum atomic E-state index is 12.3. The summed E-state index contributed by atoms with van der Waals surface area (Å²) < 4.78 is 0. The maximum Gasteiger partial charge on any atom is 0.226 e. The van der Waals surface area contributed by atoms with E-state index in [2.05, 4.69) is 11.4 Å². The molecule has 4 heteroatoms. The van der Waals surface area contributed by atoms with E-state index in [1.807, 2.05) is 23.1 Å². The molecule has 18 heavy (non-hydrogen) atoms. The molecule has 1 heterocycles. The summed E-state index contributed by atoms with van der Waals surface area (Å²) in [7, 11) is 0. The largest absolute Gasteiger partial charge is 0.333 e. The van der Waals surface area contributed by atoms with Gasteiger partial charge in [-0.25, -0.2) is 0 Å². The van der Waals surface area contributed by atoms with E-state index < -0.39 is 0 Å². The quantitative estimate of drug-likeness (QED) is 0.888. The molecule has 1 saturated heterocycles. The number of benzene rings is 1. The van der Waals surface area contributed by atoms with Crippen LogP contribution in [-0.4, -0.2) is 30.4 Å². The highest BCUT2D eigenvalue weighted by molar-refractivity contribution is 6.30. The number of nitrogens with one attached hydrogen (secondary N) is 1. The molecule has 2 aliphatic rings. The summed E-state index contributed by atoms with van der Waals surface area (Å²) in [6.45, 7) is 2.50. The maximum absolute atomic E-state index is 12.3. The molecular weight excluding hydrogens is 248 g/mol. The molecule has 1 aromatic rings. The Morgan fingerprint density at radius 2 is 2.22 bits per heavy atom. The van der Waals surface area contributed by atoms with Crippen molar-refractivity contribution in [2.45, 2.75) is 18.9 Å². The first-order valence-corrected chi connectivity index (χ1v) is 6.90. The van der Waals surface area contributed by atoms with Gasteiger partial charge in [-0.15, -0.1) is 0 Å². The highest BCUT2D eigenvalue weighted by Gasteiger charge is 2.37. The standard InChI is InChI=1S/C14H17ClN2O/c15-12-3-1-2-11(8-12)13-9-16-6-7-17(13)14(18)10-4-5-10/h1-3,8,10,13,16H,4-7,9H2. The molecule has 2 fully saturated rings. The van der Waals surface area contributed by atoms with Crippen molar-refractivity contribution in [3.63, 3.8) is 0 Å². The number of nitrogens with zero attached hydrogens (tertiary/aromatic N) is 1. The van der Waals surface area contributed by atoms with Crippen LogP contribution in [0.2, 0.25) is 5.02 Å². The van der Waals surface area contributed by atoms with Crippen LogP contribution in [0.5, 0.6) is 0 Å². The third-order valence-corrected chi connectivity index (χ3v) is 3.92. The monoisotopic (exact) mass is 264 g/mol. The van der Waals surface area contributed by atoms with Crippen LogP contribution in [-0.2, 0) is 4.79 Å². The average molecular weight is 265 g/mol. The van der Waals surface area contributed by atoms with Gasteiger partial charge in [0.15, 0.2) is 0 Å². The first-order chi connectivity index (χ1) is 8.75. The Kier molecular flexibility index (Phi) is 3.27. The second-order valence-corrected chi connectivity index (χ2v) is 5.52. The fraction of sp³-hybridized carbons (Fsp3) is 0.500. The number of hydrogen-bond donors (Lipinski definition) is 1. The number of hydrogen-bond acceptors (Lipinski definition) is 2. The summed E-state index contributed by atoms with van der Waals surface area (Å²) in [5, 5.41) is 4.09. The zero-order chi connectivity index (χ0) is 12.5. The fourth-order valence-corrected chi connectivity index (χ4v) is 2.74. The Labute approximate surface area is 112 Å².